The van der Waals surface area contributed by atoms with E-state index in [-0.39, 0.29) is 11.5 Å². The molecule has 0 radical (unpaired) electrons. The number of aromatic nitrogens is 2. The molecule has 3 N–H and O–H groups in total. The van der Waals surface area contributed by atoms with Gasteiger partial charge in [-0.15, -0.1) is 0 Å². The number of hydrogen-bond donors (Lipinski definition) is 3. The maximum atomic E-state index is 13.2. The van der Waals surface area contributed by atoms with Crippen molar-refractivity contribution in [2.45, 2.75) is 19.4 Å². The predicted octanol–water partition coefficient (Wildman–Crippen LogP) is 3.79. The summed E-state index contributed by atoms with van der Waals surface area (Å²) in [5, 5.41) is 11.7. The van der Waals surface area contributed by atoms with Gasteiger partial charge in [0, 0.05) is 29.8 Å². The minimum Gasteiger partial charge on any atom is -0.495 e. The van der Waals surface area contributed by atoms with Crippen molar-refractivity contribution in [2.75, 3.05) is 23.9 Å². The van der Waals surface area contributed by atoms with E-state index in [9.17, 15) is 9.59 Å². The average Bonchev–Trinajstić information content (AvgIpc) is 2.85. The summed E-state index contributed by atoms with van der Waals surface area (Å²) < 4.78 is 6.42. The van der Waals surface area contributed by atoms with Crippen LogP contribution in [-0.2, 0) is 11.3 Å². The van der Waals surface area contributed by atoms with E-state index in [4.69, 9.17) is 9.94 Å². The van der Waals surface area contributed by atoms with Gasteiger partial charge in [-0.25, -0.2) is 15.4 Å². The van der Waals surface area contributed by atoms with Gasteiger partial charge >= 0.3 is 0 Å². The van der Waals surface area contributed by atoms with Crippen LogP contribution in [0.4, 0.5) is 11.6 Å². The topological polar surface area (TPSA) is 117 Å². The molecule has 0 saturated carbocycles. The van der Waals surface area contributed by atoms with Gasteiger partial charge in [-0.1, -0.05) is 40.2 Å². The third-order valence-corrected chi connectivity index (χ3v) is 5.27. The summed E-state index contributed by atoms with van der Waals surface area (Å²) in [6, 6.07) is 15.3. The molecule has 0 aliphatic heterocycles. The number of amides is 2. The molecular formula is C23H24BrN5O4. The number of anilines is 2. The highest BCUT2D eigenvalue weighted by atomic mass is 79.9. The van der Waals surface area contributed by atoms with Crippen LogP contribution in [0.5, 0.6) is 5.75 Å². The molecule has 3 aromatic rings. The minimum atomic E-state index is -0.686. The zero-order chi connectivity index (χ0) is 23.6. The fourth-order valence-electron chi connectivity index (χ4n) is 3.15. The quantitative estimate of drug-likeness (QED) is 0.214. The summed E-state index contributed by atoms with van der Waals surface area (Å²) in [5.41, 5.74) is 3.36. The molecule has 0 fully saturated rings. The summed E-state index contributed by atoms with van der Waals surface area (Å²) in [7, 11) is 1.58. The van der Waals surface area contributed by atoms with Crippen molar-refractivity contribution >= 4 is 39.4 Å². The third-order valence-electron chi connectivity index (χ3n) is 4.77. The van der Waals surface area contributed by atoms with Crippen molar-refractivity contribution in [2.24, 2.45) is 0 Å². The summed E-state index contributed by atoms with van der Waals surface area (Å²) >= 11 is 3.48. The van der Waals surface area contributed by atoms with Crippen molar-refractivity contribution in [1.82, 2.24) is 15.4 Å². The van der Waals surface area contributed by atoms with E-state index in [1.165, 1.54) is 17.9 Å². The molecule has 0 spiro atoms. The summed E-state index contributed by atoms with van der Waals surface area (Å²) in [6.45, 7) is 0.873. The van der Waals surface area contributed by atoms with E-state index in [0.717, 1.165) is 10.0 Å². The first-order valence-corrected chi connectivity index (χ1v) is 11.0. The molecule has 0 atom stereocenters. The number of rotatable bonds is 10. The van der Waals surface area contributed by atoms with Crippen LogP contribution in [0.1, 0.15) is 28.8 Å². The van der Waals surface area contributed by atoms with Crippen LogP contribution in [0, 0.1) is 0 Å². The lowest BCUT2D eigenvalue weighted by atomic mass is 10.1. The Hall–Kier alpha value is -3.50. The Morgan fingerprint density at radius 1 is 1.12 bits per heavy atom. The van der Waals surface area contributed by atoms with Crippen LogP contribution >= 0.6 is 15.9 Å². The van der Waals surface area contributed by atoms with Crippen LogP contribution in [0.3, 0.4) is 0 Å². The van der Waals surface area contributed by atoms with Gasteiger partial charge < -0.3 is 15.0 Å². The molecule has 0 bridgehead atoms. The third kappa shape index (κ3) is 6.74. The number of benzene rings is 2. The lowest BCUT2D eigenvalue weighted by Gasteiger charge is -2.25. The second-order valence-electron chi connectivity index (χ2n) is 7.05. The first-order chi connectivity index (χ1) is 16.0. The second-order valence-corrected chi connectivity index (χ2v) is 7.96. The molecule has 172 valence electrons. The van der Waals surface area contributed by atoms with Crippen LogP contribution in [-0.4, -0.2) is 40.6 Å². The molecule has 33 heavy (non-hydrogen) atoms. The molecule has 0 unspecified atom stereocenters. The number of halogens is 1. The molecular weight excluding hydrogens is 490 g/mol. The highest BCUT2D eigenvalue weighted by Crippen LogP contribution is 2.30. The van der Waals surface area contributed by atoms with E-state index in [0.29, 0.717) is 43.3 Å². The van der Waals surface area contributed by atoms with E-state index >= 15 is 0 Å². The van der Waals surface area contributed by atoms with Crippen molar-refractivity contribution < 1.29 is 19.5 Å². The van der Waals surface area contributed by atoms with Gasteiger partial charge in [0.1, 0.15) is 5.75 Å². The van der Waals surface area contributed by atoms with E-state index < -0.39 is 5.91 Å². The first kappa shape index (κ1) is 24.1. The predicted molar refractivity (Wildman–Crippen MR) is 127 cm³/mol. The lowest BCUT2D eigenvalue weighted by Crippen LogP contribution is -2.31. The Kier molecular flexibility index (Phi) is 8.73. The van der Waals surface area contributed by atoms with Crippen molar-refractivity contribution in [3.05, 3.63) is 76.5 Å². The standard InChI is InChI=1S/C23H24BrN5O4/c1-33-20-9-3-2-8-19(20)29(15-16-6-4-7-18(24)12-16)21(30)10-5-11-25-23-26-13-17(14-27-23)22(31)28-32/h2-4,6-9,12-14,32H,5,10-11,15H2,1H3,(H,28,31)(H,25,26,27). The molecule has 2 amide bonds. The lowest BCUT2D eigenvalue weighted by molar-refractivity contribution is -0.118. The number of carbonyl (C=O) groups excluding carboxylic acids is 2. The second kappa shape index (κ2) is 11.9. The zero-order valence-corrected chi connectivity index (χ0v) is 19.6. The molecule has 0 aliphatic carbocycles. The number of nitrogens with one attached hydrogen (secondary N) is 2. The number of nitrogens with zero attached hydrogens (tertiary/aromatic N) is 3. The number of ether oxygens (including phenoxy) is 1. The van der Waals surface area contributed by atoms with Gasteiger partial charge in [-0.3, -0.25) is 14.8 Å². The van der Waals surface area contributed by atoms with Crippen molar-refractivity contribution in [3.8, 4) is 5.75 Å². The summed E-state index contributed by atoms with van der Waals surface area (Å²) in [5.74, 6) is 0.221. The number of para-hydroxylation sites is 2. The first-order valence-electron chi connectivity index (χ1n) is 10.2. The zero-order valence-electron chi connectivity index (χ0n) is 18.0. The molecule has 1 heterocycles. The Labute approximate surface area is 199 Å². The number of carbonyl (C=O) groups is 2. The van der Waals surface area contributed by atoms with Gasteiger partial charge in [0.2, 0.25) is 11.9 Å². The Morgan fingerprint density at radius 2 is 1.88 bits per heavy atom. The smallest absolute Gasteiger partial charge is 0.277 e. The molecule has 0 aliphatic rings. The van der Waals surface area contributed by atoms with E-state index in [1.54, 1.807) is 12.0 Å². The van der Waals surface area contributed by atoms with Crippen molar-refractivity contribution in [1.29, 1.82) is 0 Å². The van der Waals surface area contributed by atoms with E-state index in [1.807, 2.05) is 48.5 Å². The molecule has 10 heteroatoms. The number of hydroxylamine groups is 1. The fraction of sp³-hybridized carbons (Fsp3) is 0.217. The summed E-state index contributed by atoms with van der Waals surface area (Å²) in [6.07, 6.45) is 3.44. The number of methoxy groups -OCH3 is 1. The van der Waals surface area contributed by atoms with Crippen LogP contribution < -0.4 is 20.4 Å². The maximum Gasteiger partial charge on any atom is 0.277 e. The van der Waals surface area contributed by atoms with Gasteiger partial charge in [0.15, 0.2) is 0 Å². The van der Waals surface area contributed by atoms with Gasteiger partial charge in [-0.2, -0.15) is 0 Å². The van der Waals surface area contributed by atoms with Crippen LogP contribution in [0.25, 0.3) is 0 Å². The van der Waals surface area contributed by atoms with Gasteiger partial charge in [0.25, 0.3) is 5.91 Å². The van der Waals surface area contributed by atoms with Gasteiger partial charge in [-0.05, 0) is 36.2 Å². The molecule has 2 aromatic carbocycles. The Bertz CT molecular complexity index is 1090. The maximum absolute atomic E-state index is 13.2. The Morgan fingerprint density at radius 3 is 2.58 bits per heavy atom. The minimum absolute atomic E-state index is 0.0443. The normalized spacial score (nSPS) is 10.4. The highest BCUT2D eigenvalue weighted by molar-refractivity contribution is 9.10. The highest BCUT2D eigenvalue weighted by Gasteiger charge is 2.19. The van der Waals surface area contributed by atoms with Crippen LogP contribution in [0.2, 0.25) is 0 Å². The molecule has 9 nitrogen and oxygen atoms in total. The average molecular weight is 514 g/mol. The van der Waals surface area contributed by atoms with Crippen molar-refractivity contribution in [3.63, 3.8) is 0 Å². The summed E-state index contributed by atoms with van der Waals surface area (Å²) in [4.78, 5) is 34.3. The largest absolute Gasteiger partial charge is 0.495 e. The number of hydrogen-bond acceptors (Lipinski definition) is 7. The monoisotopic (exact) mass is 513 g/mol. The molecule has 1 aromatic heterocycles. The fourth-order valence-corrected chi connectivity index (χ4v) is 3.60. The van der Waals surface area contributed by atoms with Gasteiger partial charge in [0.05, 0.1) is 24.9 Å². The van der Waals surface area contributed by atoms with Crippen LogP contribution in [0.15, 0.2) is 65.4 Å². The Balaban J connectivity index is 1.64. The van der Waals surface area contributed by atoms with E-state index in [2.05, 4.69) is 31.2 Å². The molecule has 0 saturated heterocycles. The SMILES string of the molecule is COc1ccccc1N(Cc1cccc(Br)c1)C(=O)CCCNc1ncc(C(=O)NO)cn1. The molecule has 3 rings (SSSR count).